The molecule has 4 atom stereocenters. The van der Waals surface area contributed by atoms with Crippen LogP contribution in [0, 0.1) is 17.3 Å². The van der Waals surface area contributed by atoms with E-state index in [1.165, 1.54) is 39.0 Å². The SMILES string of the molecule is CC1(CN2CC3CCC(O)C3C2)CCNC1. The first-order valence-electron chi connectivity index (χ1n) is 6.77. The van der Waals surface area contributed by atoms with Gasteiger partial charge in [-0.25, -0.2) is 0 Å². The molecule has 3 aliphatic rings. The van der Waals surface area contributed by atoms with Crippen molar-refractivity contribution < 1.29 is 5.11 Å². The third kappa shape index (κ3) is 1.89. The van der Waals surface area contributed by atoms with Crippen LogP contribution in [0.15, 0.2) is 0 Å². The normalized spacial score (nSPS) is 48.8. The summed E-state index contributed by atoms with van der Waals surface area (Å²) in [5, 5.41) is 13.4. The largest absolute Gasteiger partial charge is 0.393 e. The summed E-state index contributed by atoms with van der Waals surface area (Å²) in [6, 6.07) is 0. The van der Waals surface area contributed by atoms with E-state index in [0.29, 0.717) is 11.3 Å². The Morgan fingerprint density at radius 2 is 2.25 bits per heavy atom. The molecular weight excluding hydrogens is 200 g/mol. The van der Waals surface area contributed by atoms with Crippen molar-refractivity contribution in [3.05, 3.63) is 0 Å². The molecule has 2 heterocycles. The molecule has 4 unspecified atom stereocenters. The highest BCUT2D eigenvalue weighted by Gasteiger charge is 2.43. The van der Waals surface area contributed by atoms with Gasteiger partial charge in [0.05, 0.1) is 6.10 Å². The summed E-state index contributed by atoms with van der Waals surface area (Å²) >= 11 is 0. The number of likely N-dealkylation sites (tertiary alicyclic amines) is 1. The van der Waals surface area contributed by atoms with E-state index >= 15 is 0 Å². The monoisotopic (exact) mass is 224 g/mol. The van der Waals surface area contributed by atoms with Gasteiger partial charge in [-0.15, -0.1) is 0 Å². The molecule has 0 aromatic carbocycles. The van der Waals surface area contributed by atoms with Crippen molar-refractivity contribution >= 4 is 0 Å². The third-order valence-electron chi connectivity index (χ3n) is 4.96. The lowest BCUT2D eigenvalue weighted by Crippen LogP contribution is -2.37. The molecule has 3 nitrogen and oxygen atoms in total. The van der Waals surface area contributed by atoms with Crippen LogP contribution in [0.1, 0.15) is 26.2 Å². The molecule has 3 fully saturated rings. The average molecular weight is 224 g/mol. The predicted octanol–water partition coefficient (Wildman–Crippen LogP) is 0.689. The van der Waals surface area contributed by atoms with Crippen molar-refractivity contribution in [2.24, 2.45) is 17.3 Å². The van der Waals surface area contributed by atoms with Crippen LogP contribution in [0.2, 0.25) is 0 Å². The number of aliphatic hydroxyl groups is 1. The van der Waals surface area contributed by atoms with E-state index in [1.807, 2.05) is 0 Å². The molecule has 2 aliphatic heterocycles. The smallest absolute Gasteiger partial charge is 0.0583 e. The predicted molar refractivity (Wildman–Crippen MR) is 64.3 cm³/mol. The second-order valence-electron chi connectivity index (χ2n) is 6.50. The molecule has 1 saturated carbocycles. The van der Waals surface area contributed by atoms with E-state index in [0.717, 1.165) is 18.9 Å². The summed E-state index contributed by atoms with van der Waals surface area (Å²) in [4.78, 5) is 2.60. The molecule has 0 radical (unpaired) electrons. The second kappa shape index (κ2) is 3.97. The lowest BCUT2D eigenvalue weighted by atomic mass is 9.89. The Morgan fingerprint density at radius 1 is 1.38 bits per heavy atom. The topological polar surface area (TPSA) is 35.5 Å². The Morgan fingerprint density at radius 3 is 2.94 bits per heavy atom. The van der Waals surface area contributed by atoms with Gasteiger partial charge in [-0.2, -0.15) is 0 Å². The van der Waals surface area contributed by atoms with Crippen molar-refractivity contribution in [3.63, 3.8) is 0 Å². The molecule has 3 rings (SSSR count). The van der Waals surface area contributed by atoms with Gasteiger partial charge in [0, 0.05) is 32.1 Å². The highest BCUT2D eigenvalue weighted by molar-refractivity contribution is 4.96. The maximum absolute atomic E-state index is 9.90. The molecule has 2 saturated heterocycles. The van der Waals surface area contributed by atoms with Gasteiger partial charge in [0.2, 0.25) is 0 Å². The molecule has 0 spiro atoms. The first-order valence-corrected chi connectivity index (χ1v) is 6.77. The average Bonchev–Trinajstić information content (AvgIpc) is 2.88. The Hall–Kier alpha value is -0.120. The van der Waals surface area contributed by atoms with Crippen molar-refractivity contribution in [1.29, 1.82) is 0 Å². The Labute approximate surface area is 98.2 Å². The zero-order chi connectivity index (χ0) is 11.2. The van der Waals surface area contributed by atoms with Crippen LogP contribution in [-0.2, 0) is 0 Å². The molecule has 0 aromatic heterocycles. The highest BCUT2D eigenvalue weighted by atomic mass is 16.3. The van der Waals surface area contributed by atoms with Crippen LogP contribution in [0.5, 0.6) is 0 Å². The van der Waals surface area contributed by atoms with Gasteiger partial charge in [-0.05, 0) is 37.1 Å². The van der Waals surface area contributed by atoms with Gasteiger partial charge in [0.1, 0.15) is 0 Å². The van der Waals surface area contributed by atoms with E-state index < -0.39 is 0 Å². The second-order valence-corrected chi connectivity index (χ2v) is 6.50. The van der Waals surface area contributed by atoms with E-state index in [9.17, 15) is 5.11 Å². The fraction of sp³-hybridized carbons (Fsp3) is 1.00. The molecule has 0 amide bonds. The zero-order valence-corrected chi connectivity index (χ0v) is 10.3. The van der Waals surface area contributed by atoms with Gasteiger partial charge in [-0.1, -0.05) is 6.92 Å². The van der Waals surface area contributed by atoms with E-state index in [4.69, 9.17) is 0 Å². The van der Waals surface area contributed by atoms with Crippen molar-refractivity contribution in [3.8, 4) is 0 Å². The summed E-state index contributed by atoms with van der Waals surface area (Å²) in [5.74, 6) is 1.37. The van der Waals surface area contributed by atoms with Gasteiger partial charge in [0.15, 0.2) is 0 Å². The number of rotatable bonds is 2. The minimum atomic E-state index is -0.00971. The summed E-state index contributed by atoms with van der Waals surface area (Å²) in [6.07, 6.45) is 3.59. The fourth-order valence-electron chi connectivity index (χ4n) is 4.00. The lowest BCUT2D eigenvalue weighted by molar-refractivity contribution is 0.117. The van der Waals surface area contributed by atoms with Gasteiger partial charge >= 0.3 is 0 Å². The van der Waals surface area contributed by atoms with Crippen LogP contribution in [0.25, 0.3) is 0 Å². The van der Waals surface area contributed by atoms with Crippen molar-refractivity contribution in [1.82, 2.24) is 10.2 Å². The number of aliphatic hydroxyl groups excluding tert-OH is 1. The molecular formula is C13H24N2O. The molecule has 3 heteroatoms. The standard InChI is InChI=1S/C13H24N2O/c1-13(4-5-14-8-13)9-15-6-10-2-3-12(16)11(10)7-15/h10-12,14,16H,2-9H2,1H3. The lowest BCUT2D eigenvalue weighted by Gasteiger charge is -2.29. The van der Waals surface area contributed by atoms with Crippen LogP contribution in [-0.4, -0.2) is 48.8 Å². The van der Waals surface area contributed by atoms with Crippen LogP contribution < -0.4 is 5.32 Å². The number of hydrogen-bond donors (Lipinski definition) is 2. The molecule has 16 heavy (non-hydrogen) atoms. The maximum atomic E-state index is 9.90. The third-order valence-corrected chi connectivity index (χ3v) is 4.96. The number of nitrogens with one attached hydrogen (secondary N) is 1. The zero-order valence-electron chi connectivity index (χ0n) is 10.3. The molecule has 0 bridgehead atoms. The van der Waals surface area contributed by atoms with Crippen molar-refractivity contribution in [2.75, 3.05) is 32.7 Å². The number of fused-ring (bicyclic) bond motifs is 1. The summed E-state index contributed by atoms with van der Waals surface area (Å²) in [7, 11) is 0. The van der Waals surface area contributed by atoms with Crippen molar-refractivity contribution in [2.45, 2.75) is 32.3 Å². The summed E-state index contributed by atoms with van der Waals surface area (Å²) in [5.41, 5.74) is 0.476. The first-order chi connectivity index (χ1) is 7.66. The highest BCUT2D eigenvalue weighted by Crippen LogP contribution is 2.39. The van der Waals surface area contributed by atoms with Gasteiger partial charge in [-0.3, -0.25) is 0 Å². The van der Waals surface area contributed by atoms with Crippen LogP contribution in [0.4, 0.5) is 0 Å². The number of hydrogen-bond acceptors (Lipinski definition) is 3. The summed E-state index contributed by atoms with van der Waals surface area (Å²) < 4.78 is 0. The Balaban J connectivity index is 1.58. The number of nitrogens with zero attached hydrogens (tertiary/aromatic N) is 1. The van der Waals surface area contributed by atoms with E-state index in [-0.39, 0.29) is 6.10 Å². The van der Waals surface area contributed by atoms with Crippen LogP contribution >= 0.6 is 0 Å². The van der Waals surface area contributed by atoms with E-state index in [1.54, 1.807) is 0 Å². The minimum Gasteiger partial charge on any atom is -0.393 e. The van der Waals surface area contributed by atoms with Crippen LogP contribution in [0.3, 0.4) is 0 Å². The van der Waals surface area contributed by atoms with E-state index in [2.05, 4.69) is 17.1 Å². The first kappa shape index (κ1) is 11.0. The summed E-state index contributed by atoms with van der Waals surface area (Å²) in [6.45, 7) is 8.34. The molecule has 1 aliphatic carbocycles. The molecule has 0 aromatic rings. The maximum Gasteiger partial charge on any atom is 0.0583 e. The van der Waals surface area contributed by atoms with Gasteiger partial charge in [0.25, 0.3) is 0 Å². The quantitative estimate of drug-likeness (QED) is 0.724. The molecule has 2 N–H and O–H groups in total. The minimum absolute atomic E-state index is 0.00971. The Bertz CT molecular complexity index is 263. The van der Waals surface area contributed by atoms with Gasteiger partial charge < -0.3 is 15.3 Å². The fourth-order valence-corrected chi connectivity index (χ4v) is 4.00. The Kier molecular flexibility index (Phi) is 2.73. The molecule has 92 valence electrons.